The largest absolute Gasteiger partial charge is 0.456 e. The van der Waals surface area contributed by atoms with E-state index in [1.165, 1.54) is 49.4 Å². The third kappa shape index (κ3) is 4.23. The number of hydrogen-bond acceptors (Lipinski definition) is 2. The van der Waals surface area contributed by atoms with Gasteiger partial charge in [-0.1, -0.05) is 91.0 Å². The zero-order chi connectivity index (χ0) is 33.5. The first-order valence-corrected chi connectivity index (χ1v) is 17.3. The number of furan rings is 1. The second-order valence-corrected chi connectivity index (χ2v) is 13.2. The molecular weight excluding hydrogens is 623 g/mol. The van der Waals surface area contributed by atoms with E-state index in [-0.39, 0.29) is 0 Å². The lowest BCUT2D eigenvalue weighted by atomic mass is 9.97. The Kier molecular flexibility index (Phi) is 5.92. The SMILES string of the molecule is c1cc(-c2cccc(-n3c4ccccc4c4cc(-n5c6ccccc6c6cccnc65)ccc43)c2)cc(-c2ccc3oc4ccccc4c3c2)c1. The van der Waals surface area contributed by atoms with E-state index in [0.717, 1.165) is 49.9 Å². The van der Waals surface area contributed by atoms with Gasteiger partial charge in [-0.2, -0.15) is 0 Å². The van der Waals surface area contributed by atoms with Gasteiger partial charge < -0.3 is 8.98 Å². The predicted molar refractivity (Wildman–Crippen MR) is 211 cm³/mol. The molecule has 0 aliphatic heterocycles. The standard InChI is InChI=1S/C47H29N3O/c1-5-19-43-36(14-1)39-17-9-25-48-47(39)50(43)35-22-23-44-40(29-35)37-15-2-4-18-42(37)49(44)34-13-8-12-32(27-34)30-10-7-11-31(26-30)33-21-24-46-41(28-33)38-16-3-6-20-45(38)51-46/h1-29H. The molecule has 7 aromatic carbocycles. The Hall–Kier alpha value is -6.91. The number of pyridine rings is 1. The number of benzene rings is 7. The first-order chi connectivity index (χ1) is 25.3. The summed E-state index contributed by atoms with van der Waals surface area (Å²) in [4.78, 5) is 4.83. The van der Waals surface area contributed by atoms with Crippen LogP contribution in [0.5, 0.6) is 0 Å². The van der Waals surface area contributed by atoms with E-state index in [9.17, 15) is 0 Å². The van der Waals surface area contributed by atoms with Crippen molar-refractivity contribution in [1.29, 1.82) is 0 Å². The molecule has 4 aromatic heterocycles. The van der Waals surface area contributed by atoms with Gasteiger partial charge in [-0.25, -0.2) is 4.98 Å². The Balaban J connectivity index is 1.04. The van der Waals surface area contributed by atoms with Crippen molar-refractivity contribution in [2.24, 2.45) is 0 Å². The molecule has 0 N–H and O–H groups in total. The molecule has 11 rings (SSSR count). The molecule has 4 nitrogen and oxygen atoms in total. The minimum atomic E-state index is 0.911. The molecule has 0 atom stereocenters. The molecule has 0 unspecified atom stereocenters. The van der Waals surface area contributed by atoms with Gasteiger partial charge in [-0.05, 0) is 101 Å². The third-order valence-corrected chi connectivity index (χ3v) is 10.4. The zero-order valence-electron chi connectivity index (χ0n) is 27.5. The van der Waals surface area contributed by atoms with Crippen molar-refractivity contribution in [2.75, 3.05) is 0 Å². The molecule has 238 valence electrons. The van der Waals surface area contributed by atoms with Crippen molar-refractivity contribution in [2.45, 2.75) is 0 Å². The van der Waals surface area contributed by atoms with E-state index >= 15 is 0 Å². The van der Waals surface area contributed by atoms with Crippen molar-refractivity contribution in [3.8, 4) is 33.6 Å². The van der Waals surface area contributed by atoms with Crippen LogP contribution >= 0.6 is 0 Å². The minimum Gasteiger partial charge on any atom is -0.456 e. The van der Waals surface area contributed by atoms with Crippen LogP contribution in [-0.4, -0.2) is 14.1 Å². The van der Waals surface area contributed by atoms with E-state index < -0.39 is 0 Å². The average Bonchev–Trinajstić information content (AvgIpc) is 3.85. The van der Waals surface area contributed by atoms with Gasteiger partial charge in [0.1, 0.15) is 16.8 Å². The second kappa shape index (κ2) is 10.8. The maximum atomic E-state index is 6.10. The van der Waals surface area contributed by atoms with Crippen LogP contribution in [0.3, 0.4) is 0 Å². The van der Waals surface area contributed by atoms with Crippen LogP contribution < -0.4 is 0 Å². The van der Waals surface area contributed by atoms with Gasteiger partial charge in [0.15, 0.2) is 0 Å². The Bertz CT molecular complexity index is 3100. The highest BCUT2D eigenvalue weighted by Gasteiger charge is 2.17. The average molecular weight is 652 g/mol. The topological polar surface area (TPSA) is 35.9 Å². The fourth-order valence-electron chi connectivity index (χ4n) is 8.04. The highest BCUT2D eigenvalue weighted by atomic mass is 16.3. The van der Waals surface area contributed by atoms with Crippen LogP contribution in [0.1, 0.15) is 0 Å². The molecule has 0 aliphatic rings. The number of hydrogen-bond donors (Lipinski definition) is 0. The van der Waals surface area contributed by atoms with Gasteiger partial charge in [0, 0.05) is 49.9 Å². The molecule has 4 heterocycles. The number of nitrogens with zero attached hydrogens (tertiary/aromatic N) is 3. The smallest absolute Gasteiger partial charge is 0.145 e. The third-order valence-electron chi connectivity index (χ3n) is 10.4. The minimum absolute atomic E-state index is 0.911. The Morgan fingerprint density at radius 1 is 0.353 bits per heavy atom. The van der Waals surface area contributed by atoms with Crippen molar-refractivity contribution in [3.63, 3.8) is 0 Å². The highest BCUT2D eigenvalue weighted by Crippen LogP contribution is 2.38. The van der Waals surface area contributed by atoms with Crippen molar-refractivity contribution < 1.29 is 4.42 Å². The van der Waals surface area contributed by atoms with E-state index in [4.69, 9.17) is 9.40 Å². The zero-order valence-corrected chi connectivity index (χ0v) is 27.5. The summed E-state index contributed by atoms with van der Waals surface area (Å²) in [5, 5.41) is 7.08. The number of aromatic nitrogens is 3. The summed E-state index contributed by atoms with van der Waals surface area (Å²) in [6.45, 7) is 0. The Morgan fingerprint density at radius 2 is 0.961 bits per heavy atom. The number of rotatable bonds is 4. The summed E-state index contributed by atoms with van der Waals surface area (Å²) < 4.78 is 10.8. The number of para-hydroxylation sites is 3. The van der Waals surface area contributed by atoms with Gasteiger partial charge in [-0.3, -0.25) is 4.57 Å². The lowest BCUT2D eigenvalue weighted by Gasteiger charge is -2.12. The molecule has 0 bridgehead atoms. The summed E-state index contributed by atoms with van der Waals surface area (Å²) in [6.07, 6.45) is 1.88. The molecule has 0 fully saturated rings. The van der Waals surface area contributed by atoms with Crippen LogP contribution in [0.2, 0.25) is 0 Å². The van der Waals surface area contributed by atoms with Crippen molar-refractivity contribution >= 4 is 65.7 Å². The van der Waals surface area contributed by atoms with E-state index in [1.54, 1.807) is 0 Å². The molecule has 4 heteroatoms. The Labute approximate surface area is 293 Å². The van der Waals surface area contributed by atoms with E-state index in [2.05, 4.69) is 161 Å². The van der Waals surface area contributed by atoms with Gasteiger partial charge >= 0.3 is 0 Å². The van der Waals surface area contributed by atoms with Gasteiger partial charge in [0.25, 0.3) is 0 Å². The fourth-order valence-corrected chi connectivity index (χ4v) is 8.04. The molecule has 11 aromatic rings. The number of fused-ring (bicyclic) bond motifs is 9. The molecule has 0 spiro atoms. The van der Waals surface area contributed by atoms with Crippen molar-refractivity contribution in [1.82, 2.24) is 14.1 Å². The molecule has 0 aliphatic carbocycles. The maximum Gasteiger partial charge on any atom is 0.145 e. The summed E-state index contributed by atoms with van der Waals surface area (Å²) in [5.74, 6) is 0. The predicted octanol–water partition coefficient (Wildman–Crippen LogP) is 12.5. The first-order valence-electron chi connectivity index (χ1n) is 17.3. The van der Waals surface area contributed by atoms with Gasteiger partial charge in [-0.15, -0.1) is 0 Å². The molecule has 51 heavy (non-hydrogen) atoms. The maximum absolute atomic E-state index is 6.10. The molecular formula is C47H29N3O. The van der Waals surface area contributed by atoms with E-state index in [0.29, 0.717) is 0 Å². The highest BCUT2D eigenvalue weighted by molar-refractivity contribution is 6.12. The quantitative estimate of drug-likeness (QED) is 0.190. The Morgan fingerprint density at radius 3 is 1.80 bits per heavy atom. The first kappa shape index (κ1) is 28.0. The molecule has 0 saturated heterocycles. The van der Waals surface area contributed by atoms with Crippen LogP contribution in [-0.2, 0) is 0 Å². The summed E-state index contributed by atoms with van der Waals surface area (Å²) in [7, 11) is 0. The molecule has 0 amide bonds. The van der Waals surface area contributed by atoms with Crippen LogP contribution in [0.15, 0.2) is 180 Å². The summed E-state index contributed by atoms with van der Waals surface area (Å²) in [5.41, 5.74) is 13.2. The lowest BCUT2D eigenvalue weighted by Crippen LogP contribution is -1.97. The van der Waals surface area contributed by atoms with Crippen molar-refractivity contribution in [3.05, 3.63) is 176 Å². The van der Waals surface area contributed by atoms with E-state index in [1.807, 2.05) is 24.4 Å². The second-order valence-electron chi connectivity index (χ2n) is 13.2. The van der Waals surface area contributed by atoms with Crippen LogP contribution in [0.25, 0.3) is 99.3 Å². The summed E-state index contributed by atoms with van der Waals surface area (Å²) >= 11 is 0. The lowest BCUT2D eigenvalue weighted by molar-refractivity contribution is 0.669. The van der Waals surface area contributed by atoms with Crippen LogP contribution in [0.4, 0.5) is 0 Å². The van der Waals surface area contributed by atoms with Crippen LogP contribution in [0, 0.1) is 0 Å². The monoisotopic (exact) mass is 651 g/mol. The molecule has 0 radical (unpaired) electrons. The van der Waals surface area contributed by atoms with Gasteiger partial charge in [0.2, 0.25) is 0 Å². The normalized spacial score (nSPS) is 11.9. The summed E-state index contributed by atoms with van der Waals surface area (Å²) in [6, 6.07) is 60.7. The van der Waals surface area contributed by atoms with Gasteiger partial charge in [0.05, 0.1) is 16.6 Å². The fraction of sp³-hybridized carbons (Fsp3) is 0. The molecule has 0 saturated carbocycles.